The maximum atomic E-state index is 12.8. The van der Waals surface area contributed by atoms with Gasteiger partial charge in [0, 0.05) is 45.2 Å². The Balaban J connectivity index is 1.30. The quantitative estimate of drug-likeness (QED) is 0.807. The van der Waals surface area contributed by atoms with Crippen LogP contribution in [0.15, 0.2) is 12.4 Å². The standard InChI is InChI=1S/C20H31N5O2/c26-19(24-7-3-1-2-4-8-24)17-5-9-23(10-6-17)18-15-21-20(22-16-18)25-11-13-27-14-12-25/h15-17H,1-14H2. The van der Waals surface area contributed by atoms with Crippen LogP contribution in [0.3, 0.4) is 0 Å². The molecular weight excluding hydrogens is 342 g/mol. The molecule has 3 saturated heterocycles. The summed E-state index contributed by atoms with van der Waals surface area (Å²) < 4.78 is 5.38. The molecule has 4 rings (SSSR count). The molecule has 3 aliphatic rings. The zero-order valence-corrected chi connectivity index (χ0v) is 16.2. The lowest BCUT2D eigenvalue weighted by molar-refractivity contribution is -0.136. The molecule has 1 amide bonds. The van der Waals surface area contributed by atoms with Gasteiger partial charge in [-0.05, 0) is 25.7 Å². The lowest BCUT2D eigenvalue weighted by Gasteiger charge is -2.35. The summed E-state index contributed by atoms with van der Waals surface area (Å²) in [5, 5.41) is 0. The molecule has 1 aromatic heterocycles. The van der Waals surface area contributed by atoms with Crippen LogP contribution in [0, 0.1) is 5.92 Å². The topological polar surface area (TPSA) is 61.8 Å². The van der Waals surface area contributed by atoms with E-state index in [1.807, 2.05) is 12.4 Å². The second kappa shape index (κ2) is 8.87. The van der Waals surface area contributed by atoms with E-state index in [9.17, 15) is 4.79 Å². The maximum absolute atomic E-state index is 12.8. The molecule has 4 heterocycles. The van der Waals surface area contributed by atoms with Crippen molar-refractivity contribution < 1.29 is 9.53 Å². The van der Waals surface area contributed by atoms with Crippen molar-refractivity contribution >= 4 is 17.5 Å². The molecule has 0 unspecified atom stereocenters. The summed E-state index contributed by atoms with van der Waals surface area (Å²) in [5.41, 5.74) is 1.06. The van der Waals surface area contributed by atoms with Gasteiger partial charge in [0.2, 0.25) is 11.9 Å². The van der Waals surface area contributed by atoms with Gasteiger partial charge in [0.15, 0.2) is 0 Å². The van der Waals surface area contributed by atoms with E-state index >= 15 is 0 Å². The normalized spacial score (nSPS) is 22.6. The van der Waals surface area contributed by atoms with Crippen molar-refractivity contribution in [1.29, 1.82) is 0 Å². The first-order chi connectivity index (χ1) is 13.3. The number of ether oxygens (including phenoxy) is 1. The number of piperidine rings is 1. The summed E-state index contributed by atoms with van der Waals surface area (Å²) in [4.78, 5) is 28.6. The number of amides is 1. The minimum absolute atomic E-state index is 0.188. The first kappa shape index (κ1) is 18.5. The van der Waals surface area contributed by atoms with Crippen molar-refractivity contribution in [3.63, 3.8) is 0 Å². The average molecular weight is 374 g/mol. The highest BCUT2D eigenvalue weighted by atomic mass is 16.5. The van der Waals surface area contributed by atoms with Crippen molar-refractivity contribution in [2.45, 2.75) is 38.5 Å². The second-order valence-corrected chi connectivity index (χ2v) is 7.84. The van der Waals surface area contributed by atoms with Gasteiger partial charge in [0.05, 0.1) is 31.3 Å². The third-order valence-corrected chi connectivity index (χ3v) is 6.05. The van der Waals surface area contributed by atoms with Crippen LogP contribution >= 0.6 is 0 Å². The van der Waals surface area contributed by atoms with Crippen molar-refractivity contribution in [1.82, 2.24) is 14.9 Å². The number of morpholine rings is 1. The first-order valence-corrected chi connectivity index (χ1v) is 10.5. The van der Waals surface area contributed by atoms with Crippen LogP contribution < -0.4 is 9.80 Å². The smallest absolute Gasteiger partial charge is 0.225 e. The van der Waals surface area contributed by atoms with Crippen LogP contribution in [0.25, 0.3) is 0 Å². The molecule has 27 heavy (non-hydrogen) atoms. The van der Waals surface area contributed by atoms with E-state index < -0.39 is 0 Å². The molecule has 0 radical (unpaired) electrons. The Morgan fingerprint density at radius 1 is 0.852 bits per heavy atom. The van der Waals surface area contributed by atoms with E-state index in [-0.39, 0.29) is 5.92 Å². The number of aromatic nitrogens is 2. The fourth-order valence-corrected chi connectivity index (χ4v) is 4.34. The molecule has 0 aliphatic carbocycles. The van der Waals surface area contributed by atoms with Crippen molar-refractivity contribution in [2.24, 2.45) is 5.92 Å². The SMILES string of the molecule is O=C(C1CCN(c2cnc(N3CCOCC3)nc2)CC1)N1CCCCCC1. The molecule has 0 atom stereocenters. The van der Waals surface area contributed by atoms with Crippen LogP contribution in [0.4, 0.5) is 11.6 Å². The Morgan fingerprint density at radius 2 is 1.48 bits per heavy atom. The van der Waals surface area contributed by atoms with Gasteiger partial charge in [-0.2, -0.15) is 0 Å². The van der Waals surface area contributed by atoms with Crippen LogP contribution in [0.1, 0.15) is 38.5 Å². The average Bonchev–Trinajstić information content (AvgIpc) is 3.04. The van der Waals surface area contributed by atoms with E-state index in [0.717, 1.165) is 89.8 Å². The molecule has 0 bridgehead atoms. The van der Waals surface area contributed by atoms with E-state index in [1.165, 1.54) is 12.8 Å². The van der Waals surface area contributed by atoms with Crippen LogP contribution in [-0.2, 0) is 9.53 Å². The second-order valence-electron chi connectivity index (χ2n) is 7.84. The van der Waals surface area contributed by atoms with Crippen molar-refractivity contribution in [3.8, 4) is 0 Å². The molecule has 0 N–H and O–H groups in total. The van der Waals surface area contributed by atoms with Gasteiger partial charge in [-0.3, -0.25) is 4.79 Å². The minimum atomic E-state index is 0.188. The van der Waals surface area contributed by atoms with Gasteiger partial charge in [0.1, 0.15) is 0 Å². The molecule has 148 valence electrons. The number of carbonyl (C=O) groups is 1. The van der Waals surface area contributed by atoms with Gasteiger partial charge < -0.3 is 19.4 Å². The highest BCUT2D eigenvalue weighted by Gasteiger charge is 2.29. The Kier molecular flexibility index (Phi) is 6.07. The van der Waals surface area contributed by atoms with E-state index in [4.69, 9.17) is 4.74 Å². The summed E-state index contributed by atoms with van der Waals surface area (Å²) in [6.07, 6.45) is 10.6. The molecule has 3 fully saturated rings. The number of rotatable bonds is 3. The molecule has 0 aromatic carbocycles. The van der Waals surface area contributed by atoms with Gasteiger partial charge in [-0.1, -0.05) is 12.8 Å². The summed E-state index contributed by atoms with van der Waals surface area (Å²) in [6, 6.07) is 0. The summed E-state index contributed by atoms with van der Waals surface area (Å²) in [5.74, 6) is 1.36. The van der Waals surface area contributed by atoms with E-state index in [1.54, 1.807) is 0 Å². The largest absolute Gasteiger partial charge is 0.378 e. The Labute approximate surface area is 161 Å². The molecule has 7 heteroatoms. The van der Waals surface area contributed by atoms with Crippen LogP contribution in [-0.4, -0.2) is 73.3 Å². The zero-order valence-electron chi connectivity index (χ0n) is 16.2. The molecule has 1 aromatic rings. The Bertz CT molecular complexity index is 601. The van der Waals surface area contributed by atoms with Gasteiger partial charge in [-0.15, -0.1) is 0 Å². The number of carbonyl (C=O) groups excluding carboxylic acids is 1. The minimum Gasteiger partial charge on any atom is -0.378 e. The molecule has 3 aliphatic heterocycles. The maximum Gasteiger partial charge on any atom is 0.225 e. The highest BCUT2D eigenvalue weighted by Crippen LogP contribution is 2.25. The predicted octanol–water partition coefficient (Wildman–Crippen LogP) is 1.93. The lowest BCUT2D eigenvalue weighted by Crippen LogP contribution is -2.43. The fraction of sp³-hybridized carbons (Fsp3) is 0.750. The fourth-order valence-electron chi connectivity index (χ4n) is 4.34. The number of nitrogens with zero attached hydrogens (tertiary/aromatic N) is 5. The van der Waals surface area contributed by atoms with Gasteiger partial charge in [0.25, 0.3) is 0 Å². The van der Waals surface area contributed by atoms with Crippen molar-refractivity contribution in [2.75, 3.05) is 62.3 Å². The molecule has 7 nitrogen and oxygen atoms in total. The van der Waals surface area contributed by atoms with E-state index in [0.29, 0.717) is 5.91 Å². The monoisotopic (exact) mass is 373 g/mol. The third-order valence-electron chi connectivity index (χ3n) is 6.05. The number of hydrogen-bond acceptors (Lipinski definition) is 6. The summed E-state index contributed by atoms with van der Waals surface area (Å²) in [6.45, 7) is 6.90. The molecule has 0 spiro atoms. The summed E-state index contributed by atoms with van der Waals surface area (Å²) in [7, 11) is 0. The zero-order chi connectivity index (χ0) is 18.5. The number of hydrogen-bond donors (Lipinski definition) is 0. The van der Waals surface area contributed by atoms with Gasteiger partial charge in [-0.25, -0.2) is 9.97 Å². The number of anilines is 2. The number of likely N-dealkylation sites (tertiary alicyclic amines) is 1. The van der Waals surface area contributed by atoms with Crippen molar-refractivity contribution in [3.05, 3.63) is 12.4 Å². The van der Waals surface area contributed by atoms with Gasteiger partial charge >= 0.3 is 0 Å². The van der Waals surface area contributed by atoms with E-state index in [2.05, 4.69) is 24.7 Å². The van der Waals surface area contributed by atoms with Crippen LogP contribution in [0.2, 0.25) is 0 Å². The Morgan fingerprint density at radius 3 is 2.11 bits per heavy atom. The lowest BCUT2D eigenvalue weighted by atomic mass is 9.95. The Hall–Kier alpha value is -1.89. The highest BCUT2D eigenvalue weighted by molar-refractivity contribution is 5.79. The first-order valence-electron chi connectivity index (χ1n) is 10.5. The third kappa shape index (κ3) is 4.51. The molecule has 0 saturated carbocycles. The summed E-state index contributed by atoms with van der Waals surface area (Å²) >= 11 is 0. The predicted molar refractivity (Wildman–Crippen MR) is 105 cm³/mol. The molecular formula is C20H31N5O2. The van der Waals surface area contributed by atoms with Crippen LogP contribution in [0.5, 0.6) is 0 Å².